The average molecular weight is 340 g/mol. The van der Waals surface area contributed by atoms with Gasteiger partial charge in [-0.05, 0) is 56.2 Å². The third-order valence-corrected chi connectivity index (χ3v) is 3.53. The molecule has 0 amide bonds. The third kappa shape index (κ3) is 5.64. The number of nitrogens with zero attached hydrogens (tertiary/aromatic N) is 2. The summed E-state index contributed by atoms with van der Waals surface area (Å²) in [7, 11) is 1.51. The van der Waals surface area contributed by atoms with Crippen LogP contribution in [0.3, 0.4) is 0 Å². The zero-order valence-electron chi connectivity index (χ0n) is 15.2. The highest BCUT2D eigenvalue weighted by Gasteiger charge is 2.08. The van der Waals surface area contributed by atoms with Crippen LogP contribution in [0, 0.1) is 13.8 Å². The van der Waals surface area contributed by atoms with Gasteiger partial charge in [0.05, 0.1) is 11.9 Å². The summed E-state index contributed by atoms with van der Waals surface area (Å²) in [6.45, 7) is 6.98. The zero-order valence-corrected chi connectivity index (χ0v) is 15.2. The number of rotatable bonds is 8. The quantitative estimate of drug-likeness (QED) is 0.410. The minimum Gasteiger partial charge on any atom is -0.490 e. The van der Waals surface area contributed by atoms with E-state index in [1.165, 1.54) is 7.11 Å². The van der Waals surface area contributed by atoms with E-state index in [0.717, 1.165) is 33.9 Å². The van der Waals surface area contributed by atoms with E-state index >= 15 is 0 Å². The normalized spacial score (nSPS) is 11.2. The first-order valence-electron chi connectivity index (χ1n) is 8.13. The molecule has 132 valence electrons. The Balaban J connectivity index is 2.01. The molecule has 25 heavy (non-hydrogen) atoms. The van der Waals surface area contributed by atoms with Gasteiger partial charge in [-0.25, -0.2) is 0 Å². The standard InChI is InChI=1S/C20H24N2O3/c1-5-6-9-24-19-10-15(2)20(16(3)11-19)25-14-18-8-7-17(12-21-18)13-22-23-4/h5-8,10-13H,9,14H2,1-4H3/b6-5+,22-13+. The van der Waals surface area contributed by atoms with Crippen LogP contribution in [0.25, 0.3) is 0 Å². The van der Waals surface area contributed by atoms with E-state index in [4.69, 9.17) is 9.47 Å². The van der Waals surface area contributed by atoms with E-state index in [0.29, 0.717) is 13.2 Å². The minimum atomic E-state index is 0.405. The van der Waals surface area contributed by atoms with Crippen molar-refractivity contribution in [1.29, 1.82) is 0 Å². The van der Waals surface area contributed by atoms with Gasteiger partial charge in [0.25, 0.3) is 0 Å². The van der Waals surface area contributed by atoms with Gasteiger partial charge in [-0.15, -0.1) is 0 Å². The summed E-state index contributed by atoms with van der Waals surface area (Å²) in [5, 5.41) is 3.71. The van der Waals surface area contributed by atoms with Crippen molar-refractivity contribution < 1.29 is 14.3 Å². The Morgan fingerprint density at radius 1 is 1.12 bits per heavy atom. The van der Waals surface area contributed by atoms with E-state index in [2.05, 4.69) is 15.0 Å². The van der Waals surface area contributed by atoms with E-state index in [-0.39, 0.29) is 0 Å². The molecule has 0 N–H and O–H groups in total. The first kappa shape index (κ1) is 18.5. The van der Waals surface area contributed by atoms with Gasteiger partial charge < -0.3 is 14.3 Å². The van der Waals surface area contributed by atoms with Crippen molar-refractivity contribution in [3.8, 4) is 11.5 Å². The Morgan fingerprint density at radius 3 is 2.48 bits per heavy atom. The van der Waals surface area contributed by atoms with Crippen molar-refractivity contribution in [3.05, 3.63) is 65.0 Å². The van der Waals surface area contributed by atoms with Crippen LogP contribution in [0.4, 0.5) is 0 Å². The van der Waals surface area contributed by atoms with Crippen molar-refractivity contribution in [2.45, 2.75) is 27.4 Å². The second kappa shape index (κ2) is 9.47. The Hall–Kier alpha value is -2.82. The van der Waals surface area contributed by atoms with E-state index < -0.39 is 0 Å². The van der Waals surface area contributed by atoms with Gasteiger partial charge >= 0.3 is 0 Å². The predicted molar refractivity (Wildman–Crippen MR) is 99.4 cm³/mol. The number of benzene rings is 1. The summed E-state index contributed by atoms with van der Waals surface area (Å²) in [5.74, 6) is 1.71. The number of pyridine rings is 1. The molecule has 2 rings (SSSR count). The highest BCUT2D eigenvalue weighted by molar-refractivity contribution is 5.78. The molecule has 0 aliphatic carbocycles. The first-order valence-corrected chi connectivity index (χ1v) is 8.13. The first-order chi connectivity index (χ1) is 12.1. The number of ether oxygens (including phenoxy) is 2. The molecule has 0 fully saturated rings. The lowest BCUT2D eigenvalue weighted by molar-refractivity contribution is 0.215. The predicted octanol–water partition coefficient (Wildman–Crippen LogP) is 4.21. The van der Waals surface area contributed by atoms with Crippen molar-refractivity contribution in [2.24, 2.45) is 5.16 Å². The van der Waals surface area contributed by atoms with E-state index in [1.807, 2.05) is 57.2 Å². The molecule has 0 unspecified atom stereocenters. The van der Waals surface area contributed by atoms with E-state index in [9.17, 15) is 0 Å². The molecule has 1 aromatic heterocycles. The van der Waals surface area contributed by atoms with Crippen LogP contribution in [-0.4, -0.2) is 24.9 Å². The molecule has 0 spiro atoms. The number of aromatic nitrogens is 1. The molecule has 0 atom stereocenters. The minimum absolute atomic E-state index is 0.405. The molecule has 0 bridgehead atoms. The number of allylic oxidation sites excluding steroid dienone is 1. The van der Waals surface area contributed by atoms with Crippen LogP contribution >= 0.6 is 0 Å². The molecule has 0 saturated heterocycles. The molecule has 2 aromatic rings. The van der Waals surface area contributed by atoms with Crippen molar-refractivity contribution >= 4 is 6.21 Å². The molecule has 1 heterocycles. The van der Waals surface area contributed by atoms with Crippen LogP contribution in [0.5, 0.6) is 11.5 Å². The summed E-state index contributed by atoms with van der Waals surface area (Å²) in [6, 6.07) is 7.81. The highest BCUT2D eigenvalue weighted by Crippen LogP contribution is 2.29. The number of aryl methyl sites for hydroxylation is 2. The zero-order chi connectivity index (χ0) is 18.1. The fraction of sp³-hybridized carbons (Fsp3) is 0.300. The molecular weight excluding hydrogens is 316 g/mol. The van der Waals surface area contributed by atoms with Gasteiger partial charge in [0.1, 0.15) is 31.8 Å². The van der Waals surface area contributed by atoms with Crippen LogP contribution in [-0.2, 0) is 11.4 Å². The summed E-state index contributed by atoms with van der Waals surface area (Å²) in [4.78, 5) is 9.02. The third-order valence-electron chi connectivity index (χ3n) is 3.53. The van der Waals surface area contributed by atoms with Gasteiger partial charge in [0, 0.05) is 11.8 Å². The Labute approximate surface area is 148 Å². The second-order valence-electron chi connectivity index (χ2n) is 5.55. The van der Waals surface area contributed by atoms with Crippen molar-refractivity contribution in [2.75, 3.05) is 13.7 Å². The fourth-order valence-corrected chi connectivity index (χ4v) is 2.32. The molecule has 0 aliphatic rings. The van der Waals surface area contributed by atoms with Crippen molar-refractivity contribution in [1.82, 2.24) is 4.98 Å². The summed E-state index contributed by atoms with van der Waals surface area (Å²) in [6.07, 6.45) is 7.29. The highest BCUT2D eigenvalue weighted by atomic mass is 16.6. The van der Waals surface area contributed by atoms with Crippen LogP contribution in [0.1, 0.15) is 29.3 Å². The maximum atomic E-state index is 5.96. The number of oxime groups is 1. The smallest absolute Gasteiger partial charge is 0.130 e. The number of hydrogen-bond acceptors (Lipinski definition) is 5. The summed E-state index contributed by atoms with van der Waals surface area (Å²) in [5.41, 5.74) is 3.81. The maximum absolute atomic E-state index is 5.96. The molecule has 0 saturated carbocycles. The Kier molecular flexibility index (Phi) is 7.01. The molecule has 5 heteroatoms. The van der Waals surface area contributed by atoms with Gasteiger partial charge in [0.15, 0.2) is 0 Å². The van der Waals surface area contributed by atoms with Gasteiger partial charge in [-0.2, -0.15) is 0 Å². The lowest BCUT2D eigenvalue weighted by atomic mass is 10.1. The maximum Gasteiger partial charge on any atom is 0.130 e. The molecule has 0 aliphatic heterocycles. The summed E-state index contributed by atoms with van der Waals surface area (Å²) < 4.78 is 11.7. The largest absolute Gasteiger partial charge is 0.490 e. The topological polar surface area (TPSA) is 52.9 Å². The Bertz CT molecular complexity index is 714. The lowest BCUT2D eigenvalue weighted by Gasteiger charge is -2.14. The lowest BCUT2D eigenvalue weighted by Crippen LogP contribution is -2.02. The molecule has 0 radical (unpaired) electrons. The monoisotopic (exact) mass is 340 g/mol. The van der Waals surface area contributed by atoms with Gasteiger partial charge in [-0.1, -0.05) is 17.3 Å². The second-order valence-corrected chi connectivity index (χ2v) is 5.55. The molecule has 1 aromatic carbocycles. The SMILES string of the molecule is C/C=C/COc1cc(C)c(OCc2ccc(/C=N/OC)cn2)c(C)c1. The summed E-state index contributed by atoms with van der Waals surface area (Å²) >= 11 is 0. The molecular formula is C20H24N2O3. The molecule has 5 nitrogen and oxygen atoms in total. The van der Waals surface area contributed by atoms with Crippen LogP contribution in [0.15, 0.2) is 47.8 Å². The van der Waals surface area contributed by atoms with Crippen LogP contribution < -0.4 is 9.47 Å². The van der Waals surface area contributed by atoms with Crippen molar-refractivity contribution in [3.63, 3.8) is 0 Å². The fourth-order valence-electron chi connectivity index (χ4n) is 2.32. The Morgan fingerprint density at radius 2 is 1.88 bits per heavy atom. The number of hydrogen-bond donors (Lipinski definition) is 0. The average Bonchev–Trinajstić information content (AvgIpc) is 2.60. The van der Waals surface area contributed by atoms with Gasteiger partial charge in [-0.3, -0.25) is 4.98 Å². The van der Waals surface area contributed by atoms with Gasteiger partial charge in [0.2, 0.25) is 0 Å². The van der Waals surface area contributed by atoms with Crippen LogP contribution in [0.2, 0.25) is 0 Å². The van der Waals surface area contributed by atoms with E-state index in [1.54, 1.807) is 12.4 Å².